The van der Waals surface area contributed by atoms with Crippen LogP contribution in [0.15, 0.2) is 60.8 Å². The zero-order valence-electron chi connectivity index (χ0n) is 14.7. The number of pyridine rings is 1. The first-order valence-electron chi connectivity index (χ1n) is 8.37. The molecule has 3 rings (SSSR count). The average Bonchev–Trinajstić information content (AvgIpc) is 2.70. The van der Waals surface area contributed by atoms with Crippen molar-refractivity contribution in [1.29, 1.82) is 0 Å². The van der Waals surface area contributed by atoms with Gasteiger partial charge in [0.25, 0.3) is 0 Å². The molecule has 0 bridgehead atoms. The summed E-state index contributed by atoms with van der Waals surface area (Å²) in [6, 6.07) is 17.6. The minimum atomic E-state index is -0.731. The van der Waals surface area contributed by atoms with Gasteiger partial charge in [0.2, 0.25) is 0 Å². The molecule has 0 fully saturated rings. The zero-order valence-corrected chi connectivity index (χ0v) is 15.4. The number of aromatic nitrogens is 1. The van der Waals surface area contributed by atoms with Crippen LogP contribution in [0.3, 0.4) is 0 Å². The van der Waals surface area contributed by atoms with E-state index in [-0.39, 0.29) is 5.92 Å². The maximum Gasteiger partial charge on any atom is 0.324 e. The maximum absolute atomic E-state index is 11.8. The summed E-state index contributed by atoms with van der Waals surface area (Å²) in [6.07, 6.45) is 1.75. The van der Waals surface area contributed by atoms with Gasteiger partial charge in [-0.05, 0) is 40.6 Å². The number of benzene rings is 2. The van der Waals surface area contributed by atoms with Crippen LogP contribution in [0.25, 0.3) is 10.8 Å². The van der Waals surface area contributed by atoms with Crippen LogP contribution in [0.4, 0.5) is 0 Å². The molecule has 1 heterocycles. The summed E-state index contributed by atoms with van der Waals surface area (Å²) >= 11 is 6.26. The molecule has 0 saturated heterocycles. The van der Waals surface area contributed by atoms with E-state index < -0.39 is 11.3 Å². The molecule has 0 aliphatic rings. The van der Waals surface area contributed by atoms with E-state index in [0.717, 1.165) is 27.8 Å². The number of carbonyl (C=O) groups is 1. The number of esters is 1. The molecular weight excluding hydrogens is 350 g/mol. The number of carbonyl (C=O) groups excluding carboxylic acids is 1. The highest BCUT2D eigenvalue weighted by molar-refractivity contribution is 6.30. The number of nitrogens with zero attached hydrogens (tertiary/aromatic N) is 1. The SMILES string of the molecule is COC(=O)C(Cl)C(C)c1cccc2cc(OCc3ccccn3)ccc12. The van der Waals surface area contributed by atoms with Gasteiger partial charge in [-0.1, -0.05) is 37.3 Å². The smallest absolute Gasteiger partial charge is 0.324 e. The van der Waals surface area contributed by atoms with Gasteiger partial charge in [0, 0.05) is 12.1 Å². The summed E-state index contributed by atoms with van der Waals surface area (Å²) < 4.78 is 10.6. The number of fused-ring (bicyclic) bond motifs is 1. The minimum absolute atomic E-state index is 0.173. The third-order valence-corrected chi connectivity index (χ3v) is 4.91. The van der Waals surface area contributed by atoms with Crippen molar-refractivity contribution in [3.05, 3.63) is 72.1 Å². The molecule has 2 aromatic carbocycles. The molecule has 0 spiro atoms. The molecule has 1 aromatic heterocycles. The van der Waals surface area contributed by atoms with Gasteiger partial charge in [0.05, 0.1) is 12.8 Å². The molecule has 0 aliphatic heterocycles. The lowest BCUT2D eigenvalue weighted by Crippen LogP contribution is -2.22. The fourth-order valence-electron chi connectivity index (χ4n) is 2.89. The van der Waals surface area contributed by atoms with Crippen LogP contribution in [0, 0.1) is 0 Å². The Bertz CT molecular complexity index is 898. The number of alkyl halides is 1. The van der Waals surface area contributed by atoms with Gasteiger partial charge in [0.1, 0.15) is 17.7 Å². The normalized spacial score (nSPS) is 13.2. The molecule has 5 heteroatoms. The predicted octanol–water partition coefficient (Wildman–Crippen LogP) is 4.70. The first kappa shape index (κ1) is 18.2. The second-order valence-corrected chi connectivity index (χ2v) is 6.52. The maximum atomic E-state index is 11.8. The molecule has 0 aliphatic carbocycles. The molecule has 0 N–H and O–H groups in total. The monoisotopic (exact) mass is 369 g/mol. The van der Waals surface area contributed by atoms with Gasteiger partial charge in [-0.15, -0.1) is 11.6 Å². The van der Waals surface area contributed by atoms with Crippen molar-refractivity contribution in [2.24, 2.45) is 0 Å². The fraction of sp³-hybridized carbons (Fsp3) is 0.238. The largest absolute Gasteiger partial charge is 0.487 e. The summed E-state index contributed by atoms with van der Waals surface area (Å²) in [6.45, 7) is 2.34. The van der Waals surface area contributed by atoms with Crippen LogP contribution in [0.1, 0.15) is 24.1 Å². The second kappa shape index (κ2) is 8.19. The van der Waals surface area contributed by atoms with E-state index in [9.17, 15) is 4.79 Å². The van der Waals surface area contributed by atoms with E-state index >= 15 is 0 Å². The van der Waals surface area contributed by atoms with E-state index in [1.165, 1.54) is 7.11 Å². The highest BCUT2D eigenvalue weighted by Crippen LogP contribution is 2.32. The number of rotatable bonds is 6. The molecular formula is C21H20ClNO3. The zero-order chi connectivity index (χ0) is 18.5. The second-order valence-electron chi connectivity index (χ2n) is 6.05. The molecule has 4 nitrogen and oxygen atoms in total. The van der Waals surface area contributed by atoms with Crippen LogP contribution in [-0.2, 0) is 16.1 Å². The third-order valence-electron chi connectivity index (χ3n) is 4.35. The van der Waals surface area contributed by atoms with Crippen molar-refractivity contribution < 1.29 is 14.3 Å². The predicted molar refractivity (Wildman–Crippen MR) is 103 cm³/mol. The van der Waals surface area contributed by atoms with Gasteiger partial charge in [0.15, 0.2) is 0 Å². The van der Waals surface area contributed by atoms with Crippen molar-refractivity contribution in [3.63, 3.8) is 0 Å². The molecule has 26 heavy (non-hydrogen) atoms. The van der Waals surface area contributed by atoms with Crippen LogP contribution in [0.2, 0.25) is 0 Å². The Balaban J connectivity index is 1.84. The number of hydrogen-bond acceptors (Lipinski definition) is 4. The molecule has 0 radical (unpaired) electrons. The number of ether oxygens (including phenoxy) is 2. The van der Waals surface area contributed by atoms with Gasteiger partial charge < -0.3 is 9.47 Å². The lowest BCUT2D eigenvalue weighted by atomic mass is 9.92. The summed E-state index contributed by atoms with van der Waals surface area (Å²) in [4.78, 5) is 16.0. The average molecular weight is 370 g/mol. The van der Waals surface area contributed by atoms with Crippen molar-refractivity contribution in [2.75, 3.05) is 7.11 Å². The van der Waals surface area contributed by atoms with Gasteiger partial charge >= 0.3 is 5.97 Å². The Morgan fingerprint density at radius 3 is 2.73 bits per heavy atom. The Labute approximate surface area is 157 Å². The van der Waals surface area contributed by atoms with Crippen molar-refractivity contribution in [2.45, 2.75) is 24.8 Å². The van der Waals surface area contributed by atoms with Crippen molar-refractivity contribution in [1.82, 2.24) is 4.98 Å². The molecule has 0 saturated carbocycles. The summed E-state index contributed by atoms with van der Waals surface area (Å²) in [5, 5.41) is 1.34. The lowest BCUT2D eigenvalue weighted by Gasteiger charge is -2.18. The lowest BCUT2D eigenvalue weighted by molar-refractivity contribution is -0.140. The van der Waals surface area contributed by atoms with E-state index in [1.54, 1.807) is 6.20 Å². The van der Waals surface area contributed by atoms with Crippen LogP contribution >= 0.6 is 11.6 Å². The van der Waals surface area contributed by atoms with Gasteiger partial charge in [-0.25, -0.2) is 0 Å². The van der Waals surface area contributed by atoms with Crippen LogP contribution < -0.4 is 4.74 Å². The third kappa shape index (κ3) is 3.97. The minimum Gasteiger partial charge on any atom is -0.487 e. The van der Waals surface area contributed by atoms with Gasteiger partial charge in [-0.2, -0.15) is 0 Å². The fourth-order valence-corrected chi connectivity index (χ4v) is 3.11. The van der Waals surface area contributed by atoms with E-state index in [0.29, 0.717) is 6.61 Å². The highest BCUT2D eigenvalue weighted by Gasteiger charge is 2.25. The van der Waals surface area contributed by atoms with E-state index in [1.807, 2.05) is 61.5 Å². The Kier molecular flexibility index (Phi) is 5.74. The number of halogens is 1. The standard InChI is InChI=1S/C21H20ClNO3/c1-14(20(22)21(24)25-2)18-8-5-6-15-12-17(9-10-19(15)18)26-13-16-7-3-4-11-23-16/h3-12,14,20H,13H2,1-2H3. The van der Waals surface area contributed by atoms with E-state index in [4.69, 9.17) is 21.1 Å². The Morgan fingerprint density at radius 1 is 1.15 bits per heavy atom. The quantitative estimate of drug-likeness (QED) is 0.467. The first-order chi connectivity index (χ1) is 12.6. The molecule has 2 unspecified atom stereocenters. The summed E-state index contributed by atoms with van der Waals surface area (Å²) in [5.74, 6) is 0.169. The molecule has 0 amide bonds. The summed E-state index contributed by atoms with van der Waals surface area (Å²) in [7, 11) is 1.35. The Hall–Kier alpha value is -2.59. The number of methoxy groups -OCH3 is 1. The molecule has 134 valence electrons. The van der Waals surface area contributed by atoms with Gasteiger partial charge in [-0.3, -0.25) is 9.78 Å². The number of hydrogen-bond donors (Lipinski definition) is 0. The topological polar surface area (TPSA) is 48.4 Å². The van der Waals surface area contributed by atoms with Crippen molar-refractivity contribution in [3.8, 4) is 5.75 Å². The highest BCUT2D eigenvalue weighted by atomic mass is 35.5. The van der Waals surface area contributed by atoms with E-state index in [2.05, 4.69) is 4.98 Å². The van der Waals surface area contributed by atoms with Crippen molar-refractivity contribution >= 4 is 28.3 Å². The molecule has 2 atom stereocenters. The summed E-state index contributed by atoms with van der Waals surface area (Å²) in [5.41, 5.74) is 1.88. The Morgan fingerprint density at radius 2 is 2.00 bits per heavy atom. The first-order valence-corrected chi connectivity index (χ1v) is 8.81. The molecule has 3 aromatic rings. The van der Waals surface area contributed by atoms with Crippen LogP contribution in [-0.4, -0.2) is 23.4 Å². The van der Waals surface area contributed by atoms with Crippen LogP contribution in [0.5, 0.6) is 5.75 Å².